The Labute approximate surface area is 184 Å². The molecular weight excluding hydrogens is 404 g/mol. The van der Waals surface area contributed by atoms with E-state index < -0.39 is 12.1 Å². The third-order valence-electron chi connectivity index (χ3n) is 4.56. The van der Waals surface area contributed by atoms with Crippen molar-refractivity contribution in [3.05, 3.63) is 115 Å². The minimum absolute atomic E-state index is 0.120. The van der Waals surface area contributed by atoms with Crippen molar-refractivity contribution in [1.29, 1.82) is 0 Å². The molecule has 3 aromatic carbocycles. The Morgan fingerprint density at radius 2 is 1.34 bits per heavy atom. The topological polar surface area (TPSA) is 96.1 Å². The van der Waals surface area contributed by atoms with E-state index in [1.807, 2.05) is 36.4 Å². The van der Waals surface area contributed by atoms with Crippen LogP contribution in [0, 0.1) is 0 Å². The predicted octanol–water partition coefficient (Wildman–Crippen LogP) is 5.75. The average molecular weight is 424 g/mol. The number of nitrogens with one attached hydrogen (secondary N) is 2. The Morgan fingerprint density at radius 1 is 0.719 bits per heavy atom. The van der Waals surface area contributed by atoms with Gasteiger partial charge in [0, 0.05) is 11.3 Å². The second-order valence-electron chi connectivity index (χ2n) is 6.84. The van der Waals surface area contributed by atoms with Gasteiger partial charge in [-0.15, -0.1) is 0 Å². The van der Waals surface area contributed by atoms with E-state index in [-0.39, 0.29) is 11.5 Å². The number of furan rings is 1. The first-order chi connectivity index (χ1) is 15.7. The number of carbonyl (C=O) groups excluding carboxylic acids is 2. The number of rotatable bonds is 8. The summed E-state index contributed by atoms with van der Waals surface area (Å²) in [6, 6.07) is 28.4. The number of Topliss-reactive ketones (excluding diaryl/α,β-unsaturated/α-hetero) is 1. The molecule has 7 nitrogen and oxygen atoms in total. The molecule has 4 rings (SSSR count). The maximum absolute atomic E-state index is 13.0. The quantitative estimate of drug-likeness (QED) is 0.214. The van der Waals surface area contributed by atoms with Crippen LogP contribution in [0.4, 0.5) is 17.1 Å². The number of azo groups is 1. The highest BCUT2D eigenvalue weighted by Gasteiger charge is 2.23. The molecule has 4 aromatic rings. The van der Waals surface area contributed by atoms with Crippen LogP contribution in [0.2, 0.25) is 0 Å². The number of anilines is 1. The van der Waals surface area contributed by atoms with Crippen molar-refractivity contribution in [3.8, 4) is 0 Å². The number of hydrogen-bond acceptors (Lipinski definition) is 6. The molecule has 0 aliphatic carbocycles. The van der Waals surface area contributed by atoms with Gasteiger partial charge in [-0.3, -0.25) is 9.59 Å². The van der Waals surface area contributed by atoms with E-state index in [4.69, 9.17) is 4.42 Å². The average Bonchev–Trinajstić information content (AvgIpc) is 3.39. The number of carbonyl (C=O) groups is 2. The molecule has 0 unspecified atom stereocenters. The van der Waals surface area contributed by atoms with Gasteiger partial charge in [-0.25, -0.2) is 0 Å². The van der Waals surface area contributed by atoms with E-state index >= 15 is 0 Å². The fourth-order valence-electron chi connectivity index (χ4n) is 2.95. The van der Waals surface area contributed by atoms with Gasteiger partial charge in [0.1, 0.15) is 0 Å². The number of hydrogen-bond donors (Lipinski definition) is 2. The van der Waals surface area contributed by atoms with Gasteiger partial charge < -0.3 is 15.1 Å². The van der Waals surface area contributed by atoms with Crippen molar-refractivity contribution in [2.24, 2.45) is 10.2 Å². The zero-order valence-electron chi connectivity index (χ0n) is 17.0. The van der Waals surface area contributed by atoms with Gasteiger partial charge in [0.05, 0.1) is 17.6 Å². The first-order valence-electron chi connectivity index (χ1n) is 9.96. The lowest BCUT2D eigenvalue weighted by atomic mass is 10.1. The molecule has 2 N–H and O–H groups in total. The normalized spacial score (nSPS) is 11.8. The predicted molar refractivity (Wildman–Crippen MR) is 121 cm³/mol. The smallest absolute Gasteiger partial charge is 0.288 e. The van der Waals surface area contributed by atoms with Gasteiger partial charge in [0.15, 0.2) is 11.9 Å². The molecule has 7 heteroatoms. The molecule has 0 saturated heterocycles. The summed E-state index contributed by atoms with van der Waals surface area (Å²) in [5.41, 5.74) is 2.52. The molecule has 32 heavy (non-hydrogen) atoms. The highest BCUT2D eigenvalue weighted by Crippen LogP contribution is 2.21. The highest BCUT2D eigenvalue weighted by molar-refractivity contribution is 6.04. The molecule has 0 spiro atoms. The van der Waals surface area contributed by atoms with Crippen LogP contribution in [0.25, 0.3) is 0 Å². The largest absolute Gasteiger partial charge is 0.459 e. The second kappa shape index (κ2) is 9.99. The van der Waals surface area contributed by atoms with E-state index in [1.54, 1.807) is 54.6 Å². The van der Waals surface area contributed by atoms with Crippen LogP contribution in [-0.2, 0) is 0 Å². The maximum atomic E-state index is 13.0. The summed E-state index contributed by atoms with van der Waals surface area (Å²) in [5.74, 6) is -0.655. The summed E-state index contributed by atoms with van der Waals surface area (Å²) in [6.07, 6.45) is 0.408. The summed E-state index contributed by atoms with van der Waals surface area (Å²) in [6.45, 7) is 0. The van der Waals surface area contributed by atoms with Crippen molar-refractivity contribution in [1.82, 2.24) is 5.32 Å². The molecule has 1 amide bonds. The lowest BCUT2D eigenvalue weighted by Gasteiger charge is -2.20. The van der Waals surface area contributed by atoms with E-state index in [0.717, 1.165) is 5.69 Å². The zero-order chi connectivity index (χ0) is 22.2. The third-order valence-corrected chi connectivity index (χ3v) is 4.56. The monoisotopic (exact) mass is 424 g/mol. The third kappa shape index (κ3) is 5.34. The van der Waals surface area contributed by atoms with Crippen LogP contribution in [-0.4, -0.2) is 17.9 Å². The number of benzene rings is 3. The fourth-order valence-corrected chi connectivity index (χ4v) is 2.95. The molecule has 0 saturated carbocycles. The van der Waals surface area contributed by atoms with Crippen LogP contribution in [0.5, 0.6) is 0 Å². The molecule has 1 atom stereocenters. The van der Waals surface area contributed by atoms with Crippen LogP contribution in [0.3, 0.4) is 0 Å². The minimum Gasteiger partial charge on any atom is -0.459 e. The Hall–Kier alpha value is -4.52. The standard InChI is InChI=1S/C25H20N4O3/c30-23(18-8-3-1-4-9-18)24(27-25(31)22-12-7-17-32-22)26-19-13-15-21(16-14-19)29-28-20-10-5-2-6-11-20/h1-17,24,26H,(H,27,31)/t24-/m0/s1. The van der Waals surface area contributed by atoms with Crippen LogP contribution < -0.4 is 10.6 Å². The van der Waals surface area contributed by atoms with E-state index in [0.29, 0.717) is 16.9 Å². The summed E-state index contributed by atoms with van der Waals surface area (Å²) in [7, 11) is 0. The first-order valence-corrected chi connectivity index (χ1v) is 9.96. The number of amides is 1. The van der Waals surface area contributed by atoms with E-state index in [1.165, 1.54) is 12.3 Å². The summed E-state index contributed by atoms with van der Waals surface area (Å²) in [4.78, 5) is 25.5. The van der Waals surface area contributed by atoms with Gasteiger partial charge in [-0.1, -0.05) is 48.5 Å². The molecule has 158 valence electrons. The molecule has 1 heterocycles. The van der Waals surface area contributed by atoms with Crippen molar-refractivity contribution in [2.75, 3.05) is 5.32 Å². The second-order valence-corrected chi connectivity index (χ2v) is 6.84. The highest BCUT2D eigenvalue weighted by atomic mass is 16.3. The summed E-state index contributed by atoms with van der Waals surface area (Å²) >= 11 is 0. The van der Waals surface area contributed by atoms with Gasteiger partial charge in [-0.05, 0) is 48.5 Å². The molecule has 0 aliphatic heterocycles. The van der Waals surface area contributed by atoms with Gasteiger partial charge >= 0.3 is 0 Å². The Morgan fingerprint density at radius 3 is 1.97 bits per heavy atom. The van der Waals surface area contributed by atoms with Crippen molar-refractivity contribution in [3.63, 3.8) is 0 Å². The lowest BCUT2D eigenvalue weighted by Crippen LogP contribution is -2.46. The summed E-state index contributed by atoms with van der Waals surface area (Å²) in [5, 5.41) is 14.2. The van der Waals surface area contributed by atoms with Gasteiger partial charge in [-0.2, -0.15) is 10.2 Å². The van der Waals surface area contributed by atoms with Gasteiger partial charge in [0.2, 0.25) is 5.78 Å². The fraction of sp³-hybridized carbons (Fsp3) is 0.0400. The Bertz CT molecular complexity index is 1190. The Balaban J connectivity index is 1.50. The molecule has 0 aliphatic rings. The summed E-state index contributed by atoms with van der Waals surface area (Å²) < 4.78 is 5.14. The van der Waals surface area contributed by atoms with E-state index in [9.17, 15) is 9.59 Å². The van der Waals surface area contributed by atoms with Crippen LogP contribution >= 0.6 is 0 Å². The molecule has 1 aromatic heterocycles. The minimum atomic E-state index is -0.994. The number of ketones is 1. The van der Waals surface area contributed by atoms with Crippen molar-refractivity contribution >= 4 is 28.8 Å². The van der Waals surface area contributed by atoms with Crippen LogP contribution in [0.15, 0.2) is 118 Å². The number of nitrogens with zero attached hydrogens (tertiary/aromatic N) is 2. The molecule has 0 bridgehead atoms. The van der Waals surface area contributed by atoms with E-state index in [2.05, 4.69) is 20.9 Å². The van der Waals surface area contributed by atoms with Gasteiger partial charge in [0.25, 0.3) is 5.91 Å². The maximum Gasteiger partial charge on any atom is 0.288 e. The molecule has 0 radical (unpaired) electrons. The lowest BCUT2D eigenvalue weighted by molar-refractivity contribution is 0.0853. The SMILES string of the molecule is O=C(N[C@H](Nc1ccc(N=Nc2ccccc2)cc1)C(=O)c1ccccc1)c1ccco1. The van der Waals surface area contributed by atoms with Crippen LogP contribution in [0.1, 0.15) is 20.9 Å². The van der Waals surface area contributed by atoms with Crippen molar-refractivity contribution < 1.29 is 14.0 Å². The molecular formula is C25H20N4O3. The zero-order valence-corrected chi connectivity index (χ0v) is 17.0. The molecule has 0 fully saturated rings. The first kappa shape index (κ1) is 20.7. The Kier molecular flexibility index (Phi) is 6.48. The van der Waals surface area contributed by atoms with Crippen molar-refractivity contribution in [2.45, 2.75) is 6.17 Å².